The van der Waals surface area contributed by atoms with Crippen molar-refractivity contribution in [2.75, 3.05) is 26.7 Å². The van der Waals surface area contributed by atoms with Crippen molar-refractivity contribution in [3.63, 3.8) is 0 Å². The second-order valence-electron chi connectivity index (χ2n) is 7.24. The number of hydrogen-bond acceptors (Lipinski definition) is 4. The molecule has 0 saturated carbocycles. The number of piperidine rings is 1. The van der Waals surface area contributed by atoms with Crippen LogP contribution in [0.3, 0.4) is 0 Å². The SMILES string of the molecule is CNCCC1CCN(C(C)C(=O)NC(=O)NC(C)(C)C)CC1.Cl. The molecule has 1 rings (SSSR count). The second-order valence-corrected chi connectivity index (χ2v) is 7.24. The van der Waals surface area contributed by atoms with E-state index in [9.17, 15) is 9.59 Å². The molecule has 1 atom stereocenters. The van der Waals surface area contributed by atoms with Crippen LogP contribution in [0.2, 0.25) is 0 Å². The van der Waals surface area contributed by atoms with E-state index in [1.165, 1.54) is 6.42 Å². The van der Waals surface area contributed by atoms with Crippen molar-refractivity contribution in [1.29, 1.82) is 0 Å². The Bertz CT molecular complexity index is 377. The number of carbonyl (C=O) groups excluding carboxylic acids is 2. The number of carbonyl (C=O) groups is 2. The van der Waals surface area contributed by atoms with Crippen LogP contribution in [0.1, 0.15) is 47.0 Å². The molecule has 1 fully saturated rings. The molecule has 6 nitrogen and oxygen atoms in total. The first kappa shape index (κ1) is 22.1. The average Bonchev–Trinajstić information content (AvgIpc) is 2.42. The lowest BCUT2D eigenvalue weighted by molar-refractivity contribution is -0.125. The first-order valence-corrected chi connectivity index (χ1v) is 8.24. The van der Waals surface area contributed by atoms with Gasteiger partial charge in [-0.3, -0.25) is 15.0 Å². The first-order valence-electron chi connectivity index (χ1n) is 8.24. The highest BCUT2D eigenvalue weighted by molar-refractivity contribution is 5.97. The smallest absolute Gasteiger partial charge is 0.321 e. The third kappa shape index (κ3) is 8.53. The fraction of sp³-hybridized carbons (Fsp3) is 0.875. The summed E-state index contributed by atoms with van der Waals surface area (Å²) in [6.45, 7) is 10.4. The van der Waals surface area contributed by atoms with Gasteiger partial charge in [-0.25, -0.2) is 4.79 Å². The summed E-state index contributed by atoms with van der Waals surface area (Å²) >= 11 is 0. The molecule has 23 heavy (non-hydrogen) atoms. The predicted molar refractivity (Wildman–Crippen MR) is 96.0 cm³/mol. The summed E-state index contributed by atoms with van der Waals surface area (Å²) in [5, 5.41) is 8.37. The summed E-state index contributed by atoms with van der Waals surface area (Å²) in [5.41, 5.74) is -0.348. The van der Waals surface area contributed by atoms with Crippen molar-refractivity contribution in [2.45, 2.75) is 58.5 Å². The van der Waals surface area contributed by atoms with E-state index in [1.54, 1.807) is 0 Å². The van der Waals surface area contributed by atoms with Crippen LogP contribution in [-0.4, -0.2) is 55.1 Å². The highest BCUT2D eigenvalue weighted by Crippen LogP contribution is 2.21. The van der Waals surface area contributed by atoms with E-state index < -0.39 is 6.03 Å². The van der Waals surface area contributed by atoms with Crippen molar-refractivity contribution in [3.8, 4) is 0 Å². The topological polar surface area (TPSA) is 73.5 Å². The molecular formula is C16H33ClN4O2. The summed E-state index contributed by atoms with van der Waals surface area (Å²) in [4.78, 5) is 26.1. The van der Waals surface area contributed by atoms with Gasteiger partial charge in [0.15, 0.2) is 0 Å². The number of urea groups is 1. The van der Waals surface area contributed by atoms with Gasteiger partial charge in [0.25, 0.3) is 0 Å². The zero-order valence-corrected chi connectivity index (χ0v) is 15.9. The molecule has 1 aliphatic rings. The third-order valence-corrected chi connectivity index (χ3v) is 4.10. The van der Waals surface area contributed by atoms with Crippen LogP contribution in [0.25, 0.3) is 0 Å². The lowest BCUT2D eigenvalue weighted by Crippen LogP contribution is -2.54. The zero-order chi connectivity index (χ0) is 16.8. The van der Waals surface area contributed by atoms with Gasteiger partial charge < -0.3 is 10.6 Å². The minimum atomic E-state index is -0.423. The van der Waals surface area contributed by atoms with Gasteiger partial charge in [0.1, 0.15) is 0 Å². The number of nitrogens with zero attached hydrogens (tertiary/aromatic N) is 1. The molecule has 3 N–H and O–H groups in total. The Morgan fingerprint density at radius 2 is 1.78 bits per heavy atom. The fourth-order valence-corrected chi connectivity index (χ4v) is 2.73. The minimum absolute atomic E-state index is 0. The van der Waals surface area contributed by atoms with Crippen molar-refractivity contribution in [3.05, 3.63) is 0 Å². The van der Waals surface area contributed by atoms with Gasteiger partial charge >= 0.3 is 6.03 Å². The van der Waals surface area contributed by atoms with E-state index in [0.717, 1.165) is 38.4 Å². The molecule has 0 aromatic rings. The Labute approximate surface area is 146 Å². The number of likely N-dealkylation sites (tertiary alicyclic amines) is 1. The largest absolute Gasteiger partial charge is 0.333 e. The van der Waals surface area contributed by atoms with E-state index in [2.05, 4.69) is 20.9 Å². The zero-order valence-electron chi connectivity index (χ0n) is 15.1. The monoisotopic (exact) mass is 348 g/mol. The summed E-state index contributed by atoms with van der Waals surface area (Å²) in [6, 6.07) is -0.691. The van der Waals surface area contributed by atoms with Gasteiger partial charge in [-0.2, -0.15) is 0 Å². The number of rotatable bonds is 5. The molecule has 0 aliphatic carbocycles. The Morgan fingerprint density at radius 3 is 2.26 bits per heavy atom. The molecule has 0 radical (unpaired) electrons. The van der Waals surface area contributed by atoms with Gasteiger partial charge in [0, 0.05) is 5.54 Å². The van der Waals surface area contributed by atoms with E-state index in [0.29, 0.717) is 0 Å². The van der Waals surface area contributed by atoms with Gasteiger partial charge in [-0.05, 0) is 79.6 Å². The number of nitrogens with one attached hydrogen (secondary N) is 3. The average molecular weight is 349 g/mol. The van der Waals surface area contributed by atoms with E-state index in [4.69, 9.17) is 0 Å². The maximum atomic E-state index is 12.2. The predicted octanol–water partition coefficient (Wildman–Crippen LogP) is 1.74. The lowest BCUT2D eigenvalue weighted by atomic mass is 9.93. The standard InChI is InChI=1S/C16H32N4O2.ClH/c1-12(14(21)18-15(22)19-16(2,3)4)20-10-7-13(8-11-20)6-9-17-5;/h12-13,17H,6-11H2,1-5H3,(H2,18,19,21,22);1H. The van der Waals surface area contributed by atoms with Crippen LogP contribution in [0.5, 0.6) is 0 Å². The first-order chi connectivity index (χ1) is 10.2. The van der Waals surface area contributed by atoms with Gasteiger partial charge in [-0.15, -0.1) is 12.4 Å². The Morgan fingerprint density at radius 1 is 1.22 bits per heavy atom. The quantitative estimate of drug-likeness (QED) is 0.707. The van der Waals surface area contributed by atoms with Crippen molar-refractivity contribution >= 4 is 24.3 Å². The summed E-state index contributed by atoms with van der Waals surface area (Å²) in [5.74, 6) is 0.513. The molecule has 1 unspecified atom stereocenters. The van der Waals surface area contributed by atoms with Crippen LogP contribution in [-0.2, 0) is 4.79 Å². The second kappa shape index (κ2) is 10.1. The molecule has 0 aromatic carbocycles. The van der Waals surface area contributed by atoms with Crippen molar-refractivity contribution < 1.29 is 9.59 Å². The molecule has 0 aromatic heterocycles. The third-order valence-electron chi connectivity index (χ3n) is 4.10. The highest BCUT2D eigenvalue weighted by atomic mass is 35.5. The highest BCUT2D eigenvalue weighted by Gasteiger charge is 2.27. The van der Waals surface area contributed by atoms with Crippen LogP contribution in [0.15, 0.2) is 0 Å². The number of amides is 3. The Kier molecular flexibility index (Phi) is 9.73. The molecule has 1 saturated heterocycles. The van der Waals surface area contributed by atoms with Crippen LogP contribution >= 0.6 is 12.4 Å². The minimum Gasteiger partial charge on any atom is -0.333 e. The van der Waals surface area contributed by atoms with Gasteiger partial charge in [0.2, 0.25) is 5.91 Å². The Hall–Kier alpha value is -0.850. The maximum Gasteiger partial charge on any atom is 0.321 e. The molecule has 136 valence electrons. The molecule has 7 heteroatoms. The molecule has 1 aliphatic heterocycles. The summed E-state index contributed by atoms with van der Waals surface area (Å²) in [6.07, 6.45) is 3.43. The van der Waals surface area contributed by atoms with Crippen molar-refractivity contribution in [2.24, 2.45) is 5.92 Å². The van der Waals surface area contributed by atoms with Crippen LogP contribution in [0, 0.1) is 5.92 Å². The molecular weight excluding hydrogens is 316 g/mol. The summed E-state index contributed by atoms with van der Waals surface area (Å²) in [7, 11) is 1.98. The normalized spacial score (nSPS) is 18.0. The summed E-state index contributed by atoms with van der Waals surface area (Å²) < 4.78 is 0. The molecule has 0 spiro atoms. The van der Waals surface area contributed by atoms with Gasteiger partial charge in [-0.1, -0.05) is 0 Å². The Balaban J connectivity index is 0.00000484. The molecule has 1 heterocycles. The molecule has 3 amide bonds. The maximum absolute atomic E-state index is 12.2. The lowest BCUT2D eigenvalue weighted by Gasteiger charge is -2.35. The number of halogens is 1. The van der Waals surface area contributed by atoms with Crippen LogP contribution in [0.4, 0.5) is 4.79 Å². The van der Waals surface area contributed by atoms with Crippen molar-refractivity contribution in [1.82, 2.24) is 20.9 Å². The van der Waals surface area contributed by atoms with Gasteiger partial charge in [0.05, 0.1) is 6.04 Å². The molecule has 0 bridgehead atoms. The van der Waals surface area contributed by atoms with E-state index in [-0.39, 0.29) is 29.9 Å². The van der Waals surface area contributed by atoms with Crippen LogP contribution < -0.4 is 16.0 Å². The number of hydrogen-bond donors (Lipinski definition) is 3. The van der Waals surface area contributed by atoms with E-state index in [1.807, 2.05) is 34.7 Å². The number of imide groups is 1. The fourth-order valence-electron chi connectivity index (χ4n) is 2.73. The van der Waals surface area contributed by atoms with E-state index >= 15 is 0 Å².